The molecule has 122 valence electrons. The van der Waals surface area contributed by atoms with E-state index in [-0.39, 0.29) is 18.1 Å². The fourth-order valence-corrected chi connectivity index (χ4v) is 3.53. The largest absolute Gasteiger partial charge is 0.368 e. The number of aryl methyl sites for hydroxylation is 2. The zero-order chi connectivity index (χ0) is 15.9. The van der Waals surface area contributed by atoms with E-state index in [2.05, 4.69) is 5.10 Å². The molecule has 0 N–H and O–H groups in total. The van der Waals surface area contributed by atoms with Crippen molar-refractivity contribution < 1.29 is 9.53 Å². The van der Waals surface area contributed by atoms with Gasteiger partial charge in [0.05, 0.1) is 18.3 Å². The van der Waals surface area contributed by atoms with Gasteiger partial charge in [-0.2, -0.15) is 5.10 Å². The smallest absolute Gasteiger partial charge is 0.251 e. The monoisotopic (exact) mass is 325 g/mol. The molecule has 1 saturated heterocycles. The molecule has 2 unspecified atom stereocenters. The number of nitrogens with zero attached hydrogens (tertiary/aromatic N) is 3. The lowest BCUT2D eigenvalue weighted by Crippen LogP contribution is -2.39. The van der Waals surface area contributed by atoms with Gasteiger partial charge < -0.3 is 9.64 Å². The highest BCUT2D eigenvalue weighted by Crippen LogP contribution is 2.38. The summed E-state index contributed by atoms with van der Waals surface area (Å²) < 4.78 is 7.43. The summed E-state index contributed by atoms with van der Waals surface area (Å²) in [6.45, 7) is 5.29. The van der Waals surface area contributed by atoms with Gasteiger partial charge in [0.2, 0.25) is 0 Å². The molecule has 22 heavy (non-hydrogen) atoms. The second-order valence-corrected chi connectivity index (χ2v) is 6.88. The maximum atomic E-state index is 12.7. The molecule has 1 aliphatic heterocycles. The Balaban J connectivity index is 1.72. The maximum absolute atomic E-state index is 12.7. The van der Waals surface area contributed by atoms with Gasteiger partial charge in [-0.1, -0.05) is 11.6 Å². The van der Waals surface area contributed by atoms with E-state index in [9.17, 15) is 4.79 Å². The first-order chi connectivity index (χ1) is 10.5. The van der Waals surface area contributed by atoms with Crippen molar-refractivity contribution in [1.82, 2.24) is 14.7 Å². The van der Waals surface area contributed by atoms with Crippen LogP contribution in [0, 0.1) is 12.8 Å². The highest BCUT2D eigenvalue weighted by Gasteiger charge is 2.36. The first-order valence-corrected chi connectivity index (χ1v) is 8.48. The van der Waals surface area contributed by atoms with E-state index in [0.717, 1.165) is 30.6 Å². The summed E-state index contributed by atoms with van der Waals surface area (Å²) in [6.07, 6.45) is 4.02. The number of aromatic nitrogens is 2. The Labute approximate surface area is 136 Å². The number of likely N-dealkylation sites (tertiary alicyclic amines) is 1. The maximum Gasteiger partial charge on any atom is 0.251 e. The first-order valence-electron chi connectivity index (χ1n) is 8.10. The van der Waals surface area contributed by atoms with Crippen LogP contribution in [0.25, 0.3) is 0 Å². The van der Waals surface area contributed by atoms with Crippen LogP contribution in [0.2, 0.25) is 5.15 Å². The number of amides is 1. The minimum absolute atomic E-state index is 0.0284. The first kappa shape index (κ1) is 15.8. The van der Waals surface area contributed by atoms with Crippen LogP contribution in [0.3, 0.4) is 0 Å². The molecule has 2 aliphatic rings. The number of halogens is 1. The Hall–Kier alpha value is -1.07. The van der Waals surface area contributed by atoms with Crippen LogP contribution in [0.5, 0.6) is 0 Å². The van der Waals surface area contributed by atoms with E-state index in [1.54, 1.807) is 4.68 Å². The molecular weight excluding hydrogens is 302 g/mol. The Morgan fingerprint density at radius 3 is 2.77 bits per heavy atom. The highest BCUT2D eigenvalue weighted by molar-refractivity contribution is 6.30. The summed E-state index contributed by atoms with van der Waals surface area (Å²) in [5.74, 6) is 0.738. The van der Waals surface area contributed by atoms with Gasteiger partial charge in [-0.25, -0.2) is 0 Å². The van der Waals surface area contributed by atoms with Gasteiger partial charge in [-0.3, -0.25) is 9.48 Å². The lowest BCUT2D eigenvalue weighted by molar-refractivity contribution is -0.143. The standard InChI is InChI=1S/C16H24ClN3O2/c1-10-14(15(17)19(3)18-10)13-5-4-8-20(13)16(21)11(2)22-9-12-6-7-12/h11-13H,4-9H2,1-3H3. The lowest BCUT2D eigenvalue weighted by Gasteiger charge is -2.27. The normalized spacial score (nSPS) is 23.1. The third kappa shape index (κ3) is 3.01. The van der Waals surface area contributed by atoms with Gasteiger partial charge in [0.25, 0.3) is 5.91 Å². The third-order valence-corrected chi connectivity index (χ3v) is 5.14. The van der Waals surface area contributed by atoms with Crippen LogP contribution in [-0.2, 0) is 16.6 Å². The summed E-state index contributed by atoms with van der Waals surface area (Å²) in [5.41, 5.74) is 1.90. The summed E-state index contributed by atoms with van der Waals surface area (Å²) >= 11 is 6.39. The second-order valence-electron chi connectivity index (χ2n) is 6.52. The molecule has 0 aromatic carbocycles. The number of ether oxygens (including phenoxy) is 1. The van der Waals surface area contributed by atoms with Gasteiger partial charge in [-0.15, -0.1) is 0 Å². The third-order valence-electron chi connectivity index (χ3n) is 4.69. The molecule has 2 atom stereocenters. The van der Waals surface area contributed by atoms with Gasteiger partial charge in [0.15, 0.2) is 0 Å². The van der Waals surface area contributed by atoms with E-state index >= 15 is 0 Å². The molecule has 2 fully saturated rings. The molecule has 1 aromatic rings. The number of carbonyl (C=O) groups excluding carboxylic acids is 1. The van der Waals surface area contributed by atoms with Crippen LogP contribution in [0.15, 0.2) is 0 Å². The molecule has 1 saturated carbocycles. The second kappa shape index (κ2) is 6.20. The predicted octanol–water partition coefficient (Wildman–Crippen LogP) is 2.86. The topological polar surface area (TPSA) is 47.4 Å². The van der Waals surface area contributed by atoms with Gasteiger partial charge in [0.1, 0.15) is 11.3 Å². The fourth-order valence-electron chi connectivity index (χ4n) is 3.23. The van der Waals surface area contributed by atoms with E-state index in [4.69, 9.17) is 16.3 Å². The molecule has 0 radical (unpaired) electrons. The average molecular weight is 326 g/mol. The van der Waals surface area contributed by atoms with Crippen LogP contribution in [-0.4, -0.2) is 39.8 Å². The molecular formula is C16H24ClN3O2. The van der Waals surface area contributed by atoms with Crippen molar-refractivity contribution in [3.05, 3.63) is 16.4 Å². The van der Waals surface area contributed by atoms with E-state index in [1.807, 2.05) is 25.8 Å². The number of carbonyl (C=O) groups is 1. The van der Waals surface area contributed by atoms with E-state index < -0.39 is 0 Å². The van der Waals surface area contributed by atoms with Gasteiger partial charge in [-0.05, 0) is 45.4 Å². The van der Waals surface area contributed by atoms with Crippen molar-refractivity contribution in [3.63, 3.8) is 0 Å². The van der Waals surface area contributed by atoms with E-state index in [1.165, 1.54) is 12.8 Å². The van der Waals surface area contributed by atoms with Crippen LogP contribution in [0.1, 0.15) is 49.9 Å². The van der Waals surface area contributed by atoms with Crippen molar-refractivity contribution in [3.8, 4) is 0 Å². The summed E-state index contributed by atoms with van der Waals surface area (Å²) in [7, 11) is 1.83. The lowest BCUT2D eigenvalue weighted by atomic mass is 10.1. The summed E-state index contributed by atoms with van der Waals surface area (Å²) in [5, 5.41) is 5.01. The highest BCUT2D eigenvalue weighted by atomic mass is 35.5. The SMILES string of the molecule is Cc1nn(C)c(Cl)c1C1CCCN1C(=O)C(C)OCC1CC1. The Morgan fingerprint density at radius 1 is 1.45 bits per heavy atom. The van der Waals surface area contributed by atoms with Gasteiger partial charge >= 0.3 is 0 Å². The molecule has 0 spiro atoms. The Morgan fingerprint density at radius 2 is 2.18 bits per heavy atom. The number of rotatable bonds is 5. The minimum Gasteiger partial charge on any atom is -0.368 e. The predicted molar refractivity (Wildman–Crippen MR) is 84.8 cm³/mol. The fraction of sp³-hybridized carbons (Fsp3) is 0.750. The average Bonchev–Trinajstić information content (AvgIpc) is 3.14. The van der Waals surface area contributed by atoms with Crippen LogP contribution in [0.4, 0.5) is 0 Å². The number of hydrogen-bond donors (Lipinski definition) is 0. The van der Waals surface area contributed by atoms with E-state index in [0.29, 0.717) is 17.7 Å². The molecule has 3 rings (SSSR count). The Bertz CT molecular complexity index is 568. The molecule has 1 amide bonds. The summed E-state index contributed by atoms with van der Waals surface area (Å²) in [6, 6.07) is 0.0284. The molecule has 0 bridgehead atoms. The zero-order valence-electron chi connectivity index (χ0n) is 13.5. The van der Waals surface area contributed by atoms with Crippen molar-refractivity contribution in [2.45, 2.75) is 51.7 Å². The van der Waals surface area contributed by atoms with Crippen molar-refractivity contribution in [2.75, 3.05) is 13.2 Å². The summed E-state index contributed by atoms with van der Waals surface area (Å²) in [4.78, 5) is 14.6. The minimum atomic E-state index is -0.378. The number of hydrogen-bond acceptors (Lipinski definition) is 3. The van der Waals surface area contributed by atoms with Crippen molar-refractivity contribution >= 4 is 17.5 Å². The van der Waals surface area contributed by atoms with Crippen LogP contribution < -0.4 is 0 Å². The molecule has 2 heterocycles. The van der Waals surface area contributed by atoms with Gasteiger partial charge in [0, 0.05) is 19.2 Å². The quantitative estimate of drug-likeness (QED) is 0.836. The molecule has 1 aromatic heterocycles. The van der Waals surface area contributed by atoms with Crippen molar-refractivity contribution in [1.29, 1.82) is 0 Å². The van der Waals surface area contributed by atoms with Crippen molar-refractivity contribution in [2.24, 2.45) is 13.0 Å². The Kier molecular flexibility index (Phi) is 4.46. The molecule has 1 aliphatic carbocycles. The van der Waals surface area contributed by atoms with Crippen LogP contribution >= 0.6 is 11.6 Å². The zero-order valence-corrected chi connectivity index (χ0v) is 14.3. The molecule has 6 heteroatoms. The molecule has 5 nitrogen and oxygen atoms in total.